The van der Waals surface area contributed by atoms with E-state index in [4.69, 9.17) is 0 Å². The fraction of sp³-hybridized carbons (Fsp3) is 0.318. The Morgan fingerprint density at radius 3 is 2.46 bits per heavy atom. The second-order valence-electron chi connectivity index (χ2n) is 7.32. The largest absolute Gasteiger partial charge is 0.350 e. The lowest BCUT2D eigenvalue weighted by Crippen LogP contribution is -2.32. The van der Waals surface area contributed by atoms with Crippen molar-refractivity contribution >= 4 is 23.4 Å². The van der Waals surface area contributed by atoms with E-state index in [1.807, 2.05) is 44.2 Å². The number of anilines is 1. The van der Waals surface area contributed by atoms with Gasteiger partial charge in [0, 0.05) is 25.6 Å². The van der Waals surface area contributed by atoms with E-state index < -0.39 is 5.92 Å². The Morgan fingerprint density at radius 1 is 1.07 bits per heavy atom. The smallest absolute Gasteiger partial charge is 0.253 e. The number of carbonyl (C=O) groups excluding carboxylic acids is 3. The van der Waals surface area contributed by atoms with Crippen LogP contribution in [0.15, 0.2) is 54.6 Å². The first-order valence-electron chi connectivity index (χ1n) is 9.46. The van der Waals surface area contributed by atoms with Crippen LogP contribution in [0.1, 0.15) is 36.2 Å². The number of benzene rings is 2. The average molecular weight is 379 g/mol. The zero-order chi connectivity index (χ0) is 20.1. The van der Waals surface area contributed by atoms with Gasteiger partial charge in [-0.2, -0.15) is 0 Å². The van der Waals surface area contributed by atoms with Gasteiger partial charge >= 0.3 is 0 Å². The van der Waals surface area contributed by atoms with Crippen LogP contribution in [0.4, 0.5) is 5.69 Å². The van der Waals surface area contributed by atoms with Crippen molar-refractivity contribution in [3.8, 4) is 0 Å². The van der Waals surface area contributed by atoms with Gasteiger partial charge in [0.2, 0.25) is 11.8 Å². The van der Waals surface area contributed by atoms with Crippen LogP contribution in [-0.2, 0) is 16.1 Å². The van der Waals surface area contributed by atoms with Gasteiger partial charge in [-0.15, -0.1) is 0 Å². The molecule has 146 valence electrons. The summed E-state index contributed by atoms with van der Waals surface area (Å²) in [5.74, 6) is -0.944. The van der Waals surface area contributed by atoms with E-state index in [2.05, 4.69) is 10.6 Å². The number of nitrogens with one attached hydrogen (secondary N) is 2. The van der Waals surface area contributed by atoms with Crippen molar-refractivity contribution in [1.82, 2.24) is 10.2 Å². The Balaban J connectivity index is 1.66. The molecule has 0 radical (unpaired) electrons. The van der Waals surface area contributed by atoms with Gasteiger partial charge in [0.25, 0.3) is 5.91 Å². The summed E-state index contributed by atoms with van der Waals surface area (Å²) in [6.07, 6.45) is 0.180. The molecule has 1 fully saturated rings. The maximum absolute atomic E-state index is 12.7. The van der Waals surface area contributed by atoms with Crippen molar-refractivity contribution < 1.29 is 14.4 Å². The first kappa shape index (κ1) is 19.6. The first-order valence-corrected chi connectivity index (χ1v) is 9.46. The number of rotatable bonds is 6. The van der Waals surface area contributed by atoms with Crippen LogP contribution in [-0.4, -0.2) is 35.2 Å². The van der Waals surface area contributed by atoms with Crippen molar-refractivity contribution in [1.29, 1.82) is 0 Å². The zero-order valence-electron chi connectivity index (χ0n) is 16.1. The van der Waals surface area contributed by atoms with Gasteiger partial charge in [0.15, 0.2) is 0 Å². The highest BCUT2D eigenvalue weighted by molar-refractivity contribution is 6.05. The molecule has 3 rings (SSSR count). The van der Waals surface area contributed by atoms with E-state index >= 15 is 0 Å². The lowest BCUT2D eigenvalue weighted by molar-refractivity contribution is -0.128. The predicted octanol–water partition coefficient (Wildman–Crippen LogP) is 2.81. The summed E-state index contributed by atoms with van der Waals surface area (Å²) < 4.78 is 0. The molecule has 1 aliphatic heterocycles. The van der Waals surface area contributed by atoms with Crippen molar-refractivity contribution in [2.75, 3.05) is 11.9 Å². The number of likely N-dealkylation sites (tertiary alicyclic amines) is 1. The molecule has 2 N–H and O–H groups in total. The quantitative estimate of drug-likeness (QED) is 0.810. The van der Waals surface area contributed by atoms with Crippen LogP contribution < -0.4 is 10.6 Å². The Hall–Kier alpha value is -3.15. The van der Waals surface area contributed by atoms with E-state index in [0.29, 0.717) is 24.3 Å². The Bertz CT molecular complexity index is 864. The van der Waals surface area contributed by atoms with Crippen LogP contribution in [0.3, 0.4) is 0 Å². The molecule has 1 heterocycles. The van der Waals surface area contributed by atoms with Crippen molar-refractivity contribution in [2.24, 2.45) is 5.92 Å². The summed E-state index contributed by atoms with van der Waals surface area (Å²) in [6, 6.07) is 16.6. The van der Waals surface area contributed by atoms with E-state index in [1.165, 1.54) is 0 Å². The molecule has 1 aliphatic rings. The molecule has 28 heavy (non-hydrogen) atoms. The molecule has 0 spiro atoms. The highest BCUT2D eigenvalue weighted by atomic mass is 16.2. The molecule has 0 bridgehead atoms. The van der Waals surface area contributed by atoms with E-state index in [-0.39, 0.29) is 30.2 Å². The number of amides is 3. The summed E-state index contributed by atoms with van der Waals surface area (Å²) in [6.45, 7) is 4.63. The third kappa shape index (κ3) is 4.76. The molecule has 6 nitrogen and oxygen atoms in total. The van der Waals surface area contributed by atoms with Crippen molar-refractivity contribution in [3.63, 3.8) is 0 Å². The molecular weight excluding hydrogens is 354 g/mol. The monoisotopic (exact) mass is 379 g/mol. The van der Waals surface area contributed by atoms with Crippen LogP contribution in [0.5, 0.6) is 0 Å². The average Bonchev–Trinajstić information content (AvgIpc) is 3.03. The van der Waals surface area contributed by atoms with Gasteiger partial charge in [-0.25, -0.2) is 0 Å². The van der Waals surface area contributed by atoms with Gasteiger partial charge in [-0.05, 0) is 31.5 Å². The zero-order valence-corrected chi connectivity index (χ0v) is 16.1. The SMILES string of the molecule is CC(C)NC(=O)c1ccccc1NC(=O)[C@H]1CC(=O)N(Cc2ccccc2)C1. The molecule has 0 aromatic heterocycles. The summed E-state index contributed by atoms with van der Waals surface area (Å²) in [7, 11) is 0. The van der Waals surface area contributed by atoms with Crippen LogP contribution in [0.25, 0.3) is 0 Å². The molecule has 3 amide bonds. The lowest BCUT2D eigenvalue weighted by atomic mass is 10.1. The second-order valence-corrected chi connectivity index (χ2v) is 7.32. The standard InChI is InChI=1S/C22H25N3O3/c1-15(2)23-22(28)18-10-6-7-11-19(18)24-21(27)17-12-20(26)25(14-17)13-16-8-4-3-5-9-16/h3-11,15,17H,12-14H2,1-2H3,(H,23,28)(H,24,27)/t17-/m0/s1. The summed E-state index contributed by atoms with van der Waals surface area (Å²) in [4.78, 5) is 39.1. The number of carbonyl (C=O) groups is 3. The summed E-state index contributed by atoms with van der Waals surface area (Å²) in [5.41, 5.74) is 1.90. The third-order valence-electron chi connectivity index (χ3n) is 4.65. The number of para-hydroxylation sites is 1. The fourth-order valence-corrected chi connectivity index (χ4v) is 3.27. The van der Waals surface area contributed by atoms with Crippen molar-refractivity contribution in [3.05, 3.63) is 65.7 Å². The van der Waals surface area contributed by atoms with Gasteiger partial charge < -0.3 is 15.5 Å². The second kappa shape index (κ2) is 8.69. The minimum atomic E-state index is -0.433. The van der Waals surface area contributed by atoms with Crippen LogP contribution in [0.2, 0.25) is 0 Å². The highest BCUT2D eigenvalue weighted by Gasteiger charge is 2.34. The van der Waals surface area contributed by atoms with E-state index in [0.717, 1.165) is 5.56 Å². The third-order valence-corrected chi connectivity index (χ3v) is 4.65. The first-order chi connectivity index (χ1) is 13.4. The van der Waals surface area contributed by atoms with Gasteiger partial charge in [0.1, 0.15) is 0 Å². The predicted molar refractivity (Wildman–Crippen MR) is 108 cm³/mol. The minimum Gasteiger partial charge on any atom is -0.350 e. The van der Waals surface area contributed by atoms with E-state index in [9.17, 15) is 14.4 Å². The molecular formula is C22H25N3O3. The van der Waals surface area contributed by atoms with Gasteiger partial charge in [-0.3, -0.25) is 14.4 Å². The van der Waals surface area contributed by atoms with E-state index in [1.54, 1.807) is 29.2 Å². The summed E-state index contributed by atoms with van der Waals surface area (Å²) in [5, 5.41) is 5.66. The lowest BCUT2D eigenvalue weighted by Gasteiger charge is -2.17. The normalized spacial score (nSPS) is 16.3. The minimum absolute atomic E-state index is 0.00439. The molecule has 0 aliphatic carbocycles. The number of hydrogen-bond acceptors (Lipinski definition) is 3. The maximum atomic E-state index is 12.7. The van der Waals surface area contributed by atoms with Gasteiger partial charge in [0.05, 0.1) is 17.2 Å². The Kier molecular flexibility index (Phi) is 6.09. The molecule has 0 saturated carbocycles. The molecule has 1 atom stereocenters. The molecule has 2 aromatic rings. The topological polar surface area (TPSA) is 78.5 Å². The number of hydrogen-bond donors (Lipinski definition) is 2. The Morgan fingerprint density at radius 2 is 1.75 bits per heavy atom. The highest BCUT2D eigenvalue weighted by Crippen LogP contribution is 2.23. The molecule has 1 saturated heterocycles. The fourth-order valence-electron chi connectivity index (χ4n) is 3.27. The van der Waals surface area contributed by atoms with Crippen LogP contribution in [0, 0.1) is 5.92 Å². The van der Waals surface area contributed by atoms with Crippen LogP contribution >= 0.6 is 0 Å². The van der Waals surface area contributed by atoms with Crippen molar-refractivity contribution in [2.45, 2.75) is 32.9 Å². The maximum Gasteiger partial charge on any atom is 0.253 e. The van der Waals surface area contributed by atoms with Gasteiger partial charge in [-0.1, -0.05) is 42.5 Å². The Labute approximate surface area is 164 Å². The molecule has 2 aromatic carbocycles. The molecule has 6 heteroatoms. The number of nitrogens with zero attached hydrogens (tertiary/aromatic N) is 1. The molecule has 0 unspecified atom stereocenters. The summed E-state index contributed by atoms with van der Waals surface area (Å²) >= 11 is 0.